The first kappa shape index (κ1) is 20.9. The van der Waals surface area contributed by atoms with Crippen LogP contribution in [0, 0.1) is 0 Å². The maximum Gasteiger partial charge on any atom is 0.325 e. The fraction of sp³-hybridized carbons (Fsp3) is 0.318. The van der Waals surface area contributed by atoms with Crippen LogP contribution in [0.25, 0.3) is 0 Å². The van der Waals surface area contributed by atoms with Crippen LogP contribution < -0.4 is 10.6 Å². The van der Waals surface area contributed by atoms with Gasteiger partial charge >= 0.3 is 6.03 Å². The Kier molecular flexibility index (Phi) is 5.94. The lowest BCUT2D eigenvalue weighted by Crippen LogP contribution is -2.43. The summed E-state index contributed by atoms with van der Waals surface area (Å²) in [5.41, 5.74) is 1.38. The first-order chi connectivity index (χ1) is 13.7. The van der Waals surface area contributed by atoms with Crippen LogP contribution in [-0.2, 0) is 21.7 Å². The van der Waals surface area contributed by atoms with Crippen molar-refractivity contribution >= 4 is 29.4 Å². The van der Waals surface area contributed by atoms with Crippen LogP contribution in [0.2, 0.25) is 5.02 Å². The maximum absolute atomic E-state index is 13.0. The number of nitrogens with one attached hydrogen (secondary N) is 2. The third kappa shape index (κ3) is 4.27. The molecule has 29 heavy (non-hydrogen) atoms. The number of halogens is 1. The van der Waals surface area contributed by atoms with Gasteiger partial charge in [-0.25, -0.2) is 4.79 Å². The number of hydrogen-bond donors (Lipinski definition) is 2. The van der Waals surface area contributed by atoms with E-state index in [0.29, 0.717) is 16.5 Å². The Morgan fingerprint density at radius 2 is 1.79 bits per heavy atom. The molecule has 2 aromatic carbocycles. The summed E-state index contributed by atoms with van der Waals surface area (Å²) in [4.78, 5) is 38.6. The van der Waals surface area contributed by atoms with Gasteiger partial charge in [-0.3, -0.25) is 14.5 Å². The Bertz CT molecular complexity index is 943. The van der Waals surface area contributed by atoms with Gasteiger partial charge in [0.25, 0.3) is 5.91 Å². The van der Waals surface area contributed by atoms with Gasteiger partial charge < -0.3 is 10.6 Å². The van der Waals surface area contributed by atoms with Crippen LogP contribution in [0.4, 0.5) is 4.79 Å². The molecule has 4 amide bonds. The van der Waals surface area contributed by atoms with E-state index in [1.54, 1.807) is 25.1 Å². The van der Waals surface area contributed by atoms with Gasteiger partial charge in [0, 0.05) is 11.6 Å². The number of rotatable bonds is 6. The molecule has 1 aliphatic heterocycles. The smallest absolute Gasteiger partial charge is 0.325 e. The number of urea groups is 1. The molecule has 0 saturated carbocycles. The molecule has 152 valence electrons. The van der Waals surface area contributed by atoms with Gasteiger partial charge in [-0.2, -0.15) is 0 Å². The number of amides is 4. The number of benzene rings is 2. The van der Waals surface area contributed by atoms with Gasteiger partial charge in [0.15, 0.2) is 0 Å². The van der Waals surface area contributed by atoms with Gasteiger partial charge in [0.05, 0.1) is 0 Å². The zero-order chi connectivity index (χ0) is 21.2. The second kappa shape index (κ2) is 8.25. The Balaban J connectivity index is 1.68. The van der Waals surface area contributed by atoms with E-state index in [4.69, 9.17) is 11.6 Å². The van der Waals surface area contributed by atoms with Gasteiger partial charge in [-0.05, 0) is 35.6 Å². The first-order valence-electron chi connectivity index (χ1n) is 9.47. The van der Waals surface area contributed by atoms with Crippen molar-refractivity contribution in [3.05, 3.63) is 70.2 Å². The largest absolute Gasteiger partial charge is 0.350 e. The van der Waals surface area contributed by atoms with E-state index in [-0.39, 0.29) is 13.1 Å². The molecule has 0 spiro atoms. The van der Waals surface area contributed by atoms with Crippen LogP contribution in [0.3, 0.4) is 0 Å². The average Bonchev–Trinajstić information content (AvgIpc) is 2.91. The molecule has 0 aliphatic carbocycles. The second-order valence-corrected chi connectivity index (χ2v) is 8.00. The SMILES string of the molecule is CC(C)c1ccc([C@]2(C)NC(=O)N(CC(=O)NCc3ccccc3Cl)C2=O)cc1. The molecule has 1 atom stereocenters. The maximum atomic E-state index is 13.0. The Morgan fingerprint density at radius 3 is 2.41 bits per heavy atom. The summed E-state index contributed by atoms with van der Waals surface area (Å²) in [6, 6.07) is 14.1. The van der Waals surface area contributed by atoms with Crippen LogP contribution >= 0.6 is 11.6 Å². The molecular formula is C22H24ClN3O3. The highest BCUT2D eigenvalue weighted by Crippen LogP contribution is 2.29. The molecule has 1 aliphatic rings. The molecule has 0 bridgehead atoms. The highest BCUT2D eigenvalue weighted by Gasteiger charge is 2.49. The zero-order valence-corrected chi connectivity index (χ0v) is 17.4. The van der Waals surface area contributed by atoms with E-state index in [1.807, 2.05) is 30.3 Å². The Morgan fingerprint density at radius 1 is 1.14 bits per heavy atom. The number of nitrogens with zero attached hydrogens (tertiary/aromatic N) is 1. The van der Waals surface area contributed by atoms with E-state index >= 15 is 0 Å². The molecule has 1 heterocycles. The normalized spacial score (nSPS) is 18.9. The molecule has 0 unspecified atom stereocenters. The lowest BCUT2D eigenvalue weighted by atomic mass is 9.90. The van der Waals surface area contributed by atoms with Crippen molar-refractivity contribution in [2.24, 2.45) is 0 Å². The van der Waals surface area contributed by atoms with Gasteiger partial charge in [0.1, 0.15) is 12.1 Å². The fourth-order valence-electron chi connectivity index (χ4n) is 3.27. The molecule has 0 aromatic heterocycles. The van der Waals surface area contributed by atoms with Crippen LogP contribution in [0.5, 0.6) is 0 Å². The number of carbonyl (C=O) groups excluding carboxylic acids is 3. The quantitative estimate of drug-likeness (QED) is 0.711. The zero-order valence-electron chi connectivity index (χ0n) is 16.7. The number of imide groups is 1. The summed E-state index contributed by atoms with van der Waals surface area (Å²) in [5, 5.41) is 5.96. The van der Waals surface area contributed by atoms with Crippen LogP contribution in [0.15, 0.2) is 48.5 Å². The molecular weight excluding hydrogens is 390 g/mol. The average molecular weight is 414 g/mol. The lowest BCUT2D eigenvalue weighted by Gasteiger charge is -2.22. The summed E-state index contributed by atoms with van der Waals surface area (Å²) in [7, 11) is 0. The summed E-state index contributed by atoms with van der Waals surface area (Å²) in [5.74, 6) is -0.524. The van der Waals surface area contributed by atoms with Crippen molar-refractivity contribution in [1.82, 2.24) is 15.5 Å². The monoisotopic (exact) mass is 413 g/mol. The molecule has 6 nitrogen and oxygen atoms in total. The highest BCUT2D eigenvalue weighted by molar-refractivity contribution is 6.31. The molecule has 2 N–H and O–H groups in total. The number of hydrogen-bond acceptors (Lipinski definition) is 3. The predicted octanol–water partition coefficient (Wildman–Crippen LogP) is 3.55. The predicted molar refractivity (Wildman–Crippen MR) is 111 cm³/mol. The van der Waals surface area contributed by atoms with Gasteiger partial charge in [-0.1, -0.05) is 67.9 Å². The standard InChI is InChI=1S/C22H24ClN3O3/c1-14(2)15-8-10-17(11-9-15)22(3)20(28)26(21(29)25-22)13-19(27)24-12-16-6-4-5-7-18(16)23/h4-11,14H,12-13H2,1-3H3,(H,24,27)(H,25,29)/t22-/m0/s1. The molecule has 3 rings (SSSR count). The van der Waals surface area contributed by atoms with Crippen molar-refractivity contribution < 1.29 is 14.4 Å². The Labute approximate surface area is 175 Å². The van der Waals surface area contributed by atoms with Gasteiger partial charge in [0.2, 0.25) is 5.91 Å². The first-order valence-corrected chi connectivity index (χ1v) is 9.85. The summed E-state index contributed by atoms with van der Waals surface area (Å²) >= 11 is 6.08. The molecule has 7 heteroatoms. The van der Waals surface area contributed by atoms with Crippen molar-refractivity contribution in [3.63, 3.8) is 0 Å². The van der Waals surface area contributed by atoms with Crippen LogP contribution in [0.1, 0.15) is 43.4 Å². The summed E-state index contributed by atoms with van der Waals surface area (Å²) in [6.07, 6.45) is 0. The third-order valence-corrected chi connectivity index (χ3v) is 5.53. The lowest BCUT2D eigenvalue weighted by molar-refractivity contribution is -0.134. The van der Waals surface area contributed by atoms with Gasteiger partial charge in [-0.15, -0.1) is 0 Å². The van der Waals surface area contributed by atoms with Crippen molar-refractivity contribution in [2.45, 2.75) is 38.8 Å². The number of carbonyl (C=O) groups is 3. The molecule has 1 saturated heterocycles. The van der Waals surface area contributed by atoms with E-state index in [9.17, 15) is 14.4 Å². The van der Waals surface area contributed by atoms with E-state index < -0.39 is 23.4 Å². The summed E-state index contributed by atoms with van der Waals surface area (Å²) < 4.78 is 0. The van der Waals surface area contributed by atoms with Crippen molar-refractivity contribution in [2.75, 3.05) is 6.54 Å². The minimum Gasteiger partial charge on any atom is -0.350 e. The van der Waals surface area contributed by atoms with E-state index in [1.165, 1.54) is 0 Å². The highest BCUT2D eigenvalue weighted by atomic mass is 35.5. The summed E-state index contributed by atoms with van der Waals surface area (Å²) in [6.45, 7) is 5.69. The third-order valence-electron chi connectivity index (χ3n) is 5.17. The van der Waals surface area contributed by atoms with E-state index in [2.05, 4.69) is 24.5 Å². The Hall–Kier alpha value is -2.86. The minimum absolute atomic E-state index is 0.218. The topological polar surface area (TPSA) is 78.5 Å². The second-order valence-electron chi connectivity index (χ2n) is 7.59. The molecule has 1 fully saturated rings. The van der Waals surface area contributed by atoms with Crippen molar-refractivity contribution in [1.29, 1.82) is 0 Å². The van der Waals surface area contributed by atoms with Crippen molar-refractivity contribution in [3.8, 4) is 0 Å². The molecule has 0 radical (unpaired) electrons. The van der Waals surface area contributed by atoms with E-state index in [0.717, 1.165) is 16.0 Å². The minimum atomic E-state index is -1.20. The van der Waals surface area contributed by atoms with Crippen LogP contribution in [-0.4, -0.2) is 29.3 Å². The molecule has 2 aromatic rings. The fourth-order valence-corrected chi connectivity index (χ4v) is 3.48.